The lowest BCUT2D eigenvalue weighted by molar-refractivity contribution is 0.0954. The SMILES string of the molecule is CCCCCCCNC(=O)c1cc(-c2cccc(OC)c2)nc2ccccc12. The number of amides is 1. The molecule has 3 rings (SSSR count). The normalized spacial score (nSPS) is 10.8. The van der Waals surface area contributed by atoms with E-state index >= 15 is 0 Å². The monoisotopic (exact) mass is 376 g/mol. The van der Waals surface area contributed by atoms with Crippen molar-refractivity contribution in [2.75, 3.05) is 13.7 Å². The number of methoxy groups -OCH3 is 1. The van der Waals surface area contributed by atoms with E-state index < -0.39 is 0 Å². The summed E-state index contributed by atoms with van der Waals surface area (Å²) in [4.78, 5) is 17.6. The fourth-order valence-corrected chi connectivity index (χ4v) is 3.32. The summed E-state index contributed by atoms with van der Waals surface area (Å²) >= 11 is 0. The summed E-state index contributed by atoms with van der Waals surface area (Å²) in [6, 6.07) is 17.4. The van der Waals surface area contributed by atoms with Gasteiger partial charge in [-0.25, -0.2) is 4.98 Å². The molecule has 0 saturated carbocycles. The number of aromatic nitrogens is 1. The van der Waals surface area contributed by atoms with Crippen molar-refractivity contribution < 1.29 is 9.53 Å². The molecule has 2 aromatic carbocycles. The van der Waals surface area contributed by atoms with Gasteiger partial charge in [0.15, 0.2) is 0 Å². The van der Waals surface area contributed by atoms with Crippen LogP contribution in [0.1, 0.15) is 49.4 Å². The standard InChI is InChI=1S/C24H28N2O2/c1-3-4-5-6-9-15-25-24(27)21-17-23(18-11-10-12-19(16-18)28-2)26-22-14-8-7-13-20(21)22/h7-8,10-14,16-17H,3-6,9,15H2,1-2H3,(H,25,27). The molecule has 1 amide bonds. The lowest BCUT2D eigenvalue weighted by atomic mass is 10.0. The van der Waals surface area contributed by atoms with Gasteiger partial charge in [0.05, 0.1) is 23.9 Å². The Balaban J connectivity index is 1.85. The molecule has 1 heterocycles. The molecular formula is C24H28N2O2. The summed E-state index contributed by atoms with van der Waals surface area (Å²) in [6.45, 7) is 2.91. The Hall–Kier alpha value is -2.88. The van der Waals surface area contributed by atoms with Crippen LogP contribution in [0.4, 0.5) is 0 Å². The van der Waals surface area contributed by atoms with Gasteiger partial charge in [0.2, 0.25) is 0 Å². The van der Waals surface area contributed by atoms with E-state index in [2.05, 4.69) is 12.2 Å². The summed E-state index contributed by atoms with van der Waals surface area (Å²) in [5.41, 5.74) is 3.18. The number of nitrogens with zero attached hydrogens (tertiary/aromatic N) is 1. The number of rotatable bonds is 9. The lowest BCUT2D eigenvalue weighted by Gasteiger charge is -2.11. The summed E-state index contributed by atoms with van der Waals surface area (Å²) in [7, 11) is 1.65. The minimum Gasteiger partial charge on any atom is -0.497 e. The van der Waals surface area contributed by atoms with E-state index in [1.165, 1.54) is 19.3 Å². The molecular weight excluding hydrogens is 348 g/mol. The molecule has 0 fully saturated rings. The number of ether oxygens (including phenoxy) is 1. The van der Waals surface area contributed by atoms with E-state index in [9.17, 15) is 4.79 Å². The minimum atomic E-state index is -0.0433. The number of hydrogen-bond acceptors (Lipinski definition) is 3. The third kappa shape index (κ3) is 4.89. The first-order chi connectivity index (χ1) is 13.7. The smallest absolute Gasteiger partial charge is 0.252 e. The van der Waals surface area contributed by atoms with E-state index in [1.54, 1.807) is 7.11 Å². The number of pyridine rings is 1. The van der Waals surface area contributed by atoms with E-state index in [0.29, 0.717) is 12.1 Å². The molecule has 0 unspecified atom stereocenters. The van der Waals surface area contributed by atoms with Gasteiger partial charge in [0.25, 0.3) is 5.91 Å². The average molecular weight is 377 g/mol. The topological polar surface area (TPSA) is 51.2 Å². The van der Waals surface area contributed by atoms with Crippen molar-refractivity contribution in [2.45, 2.75) is 39.0 Å². The van der Waals surface area contributed by atoms with E-state index in [4.69, 9.17) is 9.72 Å². The van der Waals surface area contributed by atoms with Crippen LogP contribution in [0.5, 0.6) is 5.75 Å². The quantitative estimate of drug-likeness (QED) is 0.494. The van der Waals surface area contributed by atoms with Gasteiger partial charge in [0, 0.05) is 17.5 Å². The molecule has 4 heteroatoms. The number of fused-ring (bicyclic) bond motifs is 1. The van der Waals surface area contributed by atoms with Gasteiger partial charge >= 0.3 is 0 Å². The number of benzene rings is 2. The zero-order valence-electron chi connectivity index (χ0n) is 16.7. The van der Waals surface area contributed by atoms with Crippen molar-refractivity contribution in [1.82, 2.24) is 10.3 Å². The predicted octanol–water partition coefficient (Wildman–Crippen LogP) is 5.61. The Morgan fingerprint density at radius 3 is 2.64 bits per heavy atom. The third-order valence-corrected chi connectivity index (χ3v) is 4.89. The molecule has 3 aromatic rings. The van der Waals surface area contributed by atoms with Gasteiger partial charge in [-0.1, -0.05) is 62.9 Å². The maximum atomic E-state index is 12.9. The highest BCUT2D eigenvalue weighted by Crippen LogP contribution is 2.27. The third-order valence-electron chi connectivity index (χ3n) is 4.89. The van der Waals surface area contributed by atoms with Crippen LogP contribution in [0.25, 0.3) is 22.2 Å². The summed E-state index contributed by atoms with van der Waals surface area (Å²) < 4.78 is 5.33. The second kappa shape index (κ2) is 9.88. The van der Waals surface area contributed by atoms with Crippen molar-refractivity contribution in [2.24, 2.45) is 0 Å². The van der Waals surface area contributed by atoms with Crippen LogP contribution >= 0.6 is 0 Å². The first-order valence-corrected chi connectivity index (χ1v) is 10.1. The fourth-order valence-electron chi connectivity index (χ4n) is 3.32. The number of nitrogens with one attached hydrogen (secondary N) is 1. The molecule has 28 heavy (non-hydrogen) atoms. The Morgan fingerprint density at radius 2 is 1.82 bits per heavy atom. The summed E-state index contributed by atoms with van der Waals surface area (Å²) in [6.07, 6.45) is 5.87. The van der Waals surface area contributed by atoms with Gasteiger partial charge in [-0.15, -0.1) is 0 Å². The van der Waals surface area contributed by atoms with Gasteiger partial charge < -0.3 is 10.1 Å². The molecule has 0 bridgehead atoms. The average Bonchev–Trinajstić information content (AvgIpc) is 2.75. The number of carbonyl (C=O) groups is 1. The maximum Gasteiger partial charge on any atom is 0.252 e. The highest BCUT2D eigenvalue weighted by atomic mass is 16.5. The predicted molar refractivity (Wildman–Crippen MR) is 115 cm³/mol. The van der Waals surface area contributed by atoms with Crippen LogP contribution < -0.4 is 10.1 Å². The molecule has 0 radical (unpaired) electrons. The molecule has 0 saturated heterocycles. The summed E-state index contributed by atoms with van der Waals surface area (Å²) in [5, 5.41) is 3.95. The van der Waals surface area contributed by atoms with Gasteiger partial charge in [-0.3, -0.25) is 4.79 Å². The van der Waals surface area contributed by atoms with Crippen LogP contribution in [0.2, 0.25) is 0 Å². The zero-order chi connectivity index (χ0) is 19.8. The van der Waals surface area contributed by atoms with Gasteiger partial charge in [0.1, 0.15) is 5.75 Å². The molecule has 1 aromatic heterocycles. The Labute approximate surface area is 166 Å². The molecule has 0 aliphatic rings. The number of hydrogen-bond donors (Lipinski definition) is 1. The highest BCUT2D eigenvalue weighted by molar-refractivity contribution is 6.07. The molecule has 0 aliphatic heterocycles. The largest absolute Gasteiger partial charge is 0.497 e. The lowest BCUT2D eigenvalue weighted by Crippen LogP contribution is -2.24. The zero-order valence-corrected chi connectivity index (χ0v) is 16.7. The number of para-hydroxylation sites is 1. The molecule has 0 aliphatic carbocycles. The Morgan fingerprint density at radius 1 is 1.00 bits per heavy atom. The van der Waals surface area contributed by atoms with Crippen LogP contribution in [-0.4, -0.2) is 24.5 Å². The molecule has 0 atom stereocenters. The van der Waals surface area contributed by atoms with Crippen LogP contribution in [-0.2, 0) is 0 Å². The molecule has 1 N–H and O–H groups in total. The van der Waals surface area contributed by atoms with Crippen molar-refractivity contribution in [1.29, 1.82) is 0 Å². The fraction of sp³-hybridized carbons (Fsp3) is 0.333. The maximum absolute atomic E-state index is 12.9. The van der Waals surface area contributed by atoms with E-state index in [0.717, 1.165) is 40.8 Å². The number of carbonyl (C=O) groups excluding carboxylic acids is 1. The van der Waals surface area contributed by atoms with Crippen molar-refractivity contribution in [3.05, 3.63) is 60.2 Å². The second-order valence-corrected chi connectivity index (χ2v) is 6.97. The molecule has 4 nitrogen and oxygen atoms in total. The van der Waals surface area contributed by atoms with Gasteiger partial charge in [-0.2, -0.15) is 0 Å². The van der Waals surface area contributed by atoms with E-state index in [-0.39, 0.29) is 5.91 Å². The van der Waals surface area contributed by atoms with Crippen LogP contribution in [0, 0.1) is 0 Å². The van der Waals surface area contributed by atoms with E-state index in [1.807, 2.05) is 54.6 Å². The van der Waals surface area contributed by atoms with Crippen molar-refractivity contribution in [3.63, 3.8) is 0 Å². The Kier molecular flexibility index (Phi) is 7.01. The van der Waals surface area contributed by atoms with Crippen LogP contribution in [0.15, 0.2) is 54.6 Å². The molecule has 0 spiro atoms. The minimum absolute atomic E-state index is 0.0433. The second-order valence-electron chi connectivity index (χ2n) is 6.97. The molecule has 146 valence electrons. The Bertz CT molecular complexity index is 937. The number of unbranched alkanes of at least 4 members (excludes halogenated alkanes) is 4. The van der Waals surface area contributed by atoms with Crippen LogP contribution in [0.3, 0.4) is 0 Å². The van der Waals surface area contributed by atoms with Gasteiger partial charge in [-0.05, 0) is 30.7 Å². The highest BCUT2D eigenvalue weighted by Gasteiger charge is 2.14. The van der Waals surface area contributed by atoms with Crippen molar-refractivity contribution in [3.8, 4) is 17.0 Å². The first kappa shape index (κ1) is 19.9. The summed E-state index contributed by atoms with van der Waals surface area (Å²) in [5.74, 6) is 0.726. The van der Waals surface area contributed by atoms with Crippen molar-refractivity contribution >= 4 is 16.8 Å². The first-order valence-electron chi connectivity index (χ1n) is 10.1.